The molecule has 9 aromatic carbocycles. The molecule has 0 aliphatic heterocycles. The molecule has 272 valence electrons. The monoisotopic (exact) mass is 759 g/mol. The lowest BCUT2D eigenvalue weighted by Crippen LogP contribution is -2.10. The lowest BCUT2D eigenvalue weighted by atomic mass is 9.97. The van der Waals surface area contributed by atoms with Crippen molar-refractivity contribution in [3.05, 3.63) is 200 Å². The zero-order chi connectivity index (χ0) is 38.2. The minimum absolute atomic E-state index is 0.819. The molecule has 0 radical (unpaired) electrons. The number of thiophene rings is 1. The van der Waals surface area contributed by atoms with Crippen LogP contribution >= 0.6 is 11.3 Å². The Balaban J connectivity index is 1.16. The Morgan fingerprint density at radius 1 is 0.362 bits per heavy atom. The zero-order valence-electron chi connectivity index (χ0n) is 31.2. The first-order valence-electron chi connectivity index (χ1n) is 19.6. The first-order chi connectivity index (χ1) is 28.7. The summed E-state index contributed by atoms with van der Waals surface area (Å²) in [6.07, 6.45) is 0. The summed E-state index contributed by atoms with van der Waals surface area (Å²) in [7, 11) is 0. The summed E-state index contributed by atoms with van der Waals surface area (Å²) in [6.45, 7) is 0. The van der Waals surface area contributed by atoms with Gasteiger partial charge in [-0.1, -0.05) is 140 Å². The summed E-state index contributed by atoms with van der Waals surface area (Å²) in [4.78, 5) is 2.35. The molecule has 3 nitrogen and oxygen atoms in total. The Bertz CT molecular complexity index is 3400. The van der Waals surface area contributed by atoms with Gasteiger partial charge in [0, 0.05) is 53.1 Å². The second kappa shape index (κ2) is 13.1. The van der Waals surface area contributed by atoms with Crippen molar-refractivity contribution >= 4 is 92.4 Å². The standard InChI is InChI=1S/C54H33NO2S/c1-3-12-34(13-4-1)36-22-26-39(27-23-36)55(40-28-24-37(25-29-40)35-14-5-2-6-15-35)46-33-38(41-18-11-19-43-42-16-8-10-21-50(42)58-54(41)43)32-45-52-49(57-53(45)46)31-30-48-51(52)44-17-7-9-20-47(44)56-48/h1-33H. The average molecular weight is 760 g/mol. The highest BCUT2D eigenvalue weighted by Gasteiger charge is 2.25. The normalized spacial score (nSPS) is 11.8. The predicted octanol–water partition coefficient (Wildman–Crippen LogP) is 16.3. The van der Waals surface area contributed by atoms with Crippen LogP contribution in [0.4, 0.5) is 17.1 Å². The lowest BCUT2D eigenvalue weighted by Gasteiger charge is -2.27. The number of fused-ring (bicyclic) bond motifs is 10. The van der Waals surface area contributed by atoms with Gasteiger partial charge in [-0.2, -0.15) is 0 Å². The van der Waals surface area contributed by atoms with Crippen LogP contribution in [0, 0.1) is 0 Å². The number of furan rings is 2. The molecule has 0 spiro atoms. The maximum Gasteiger partial charge on any atom is 0.159 e. The molecule has 0 unspecified atom stereocenters. The Kier molecular flexibility index (Phi) is 7.40. The van der Waals surface area contributed by atoms with E-state index < -0.39 is 0 Å². The maximum absolute atomic E-state index is 7.07. The molecule has 0 aliphatic rings. The highest BCUT2D eigenvalue weighted by molar-refractivity contribution is 7.26. The second-order valence-electron chi connectivity index (χ2n) is 14.8. The quantitative estimate of drug-likeness (QED) is 0.169. The van der Waals surface area contributed by atoms with Crippen molar-refractivity contribution < 1.29 is 8.83 Å². The van der Waals surface area contributed by atoms with E-state index in [1.54, 1.807) is 0 Å². The van der Waals surface area contributed by atoms with E-state index in [9.17, 15) is 0 Å². The molecule has 0 aliphatic carbocycles. The molecular formula is C54H33NO2S. The number of benzene rings is 9. The smallest absolute Gasteiger partial charge is 0.159 e. The van der Waals surface area contributed by atoms with Gasteiger partial charge >= 0.3 is 0 Å². The molecule has 0 saturated carbocycles. The Morgan fingerprint density at radius 2 is 0.914 bits per heavy atom. The highest BCUT2D eigenvalue weighted by Crippen LogP contribution is 2.49. The van der Waals surface area contributed by atoms with Crippen molar-refractivity contribution in [3.8, 4) is 33.4 Å². The predicted molar refractivity (Wildman–Crippen MR) is 245 cm³/mol. The molecule has 0 bridgehead atoms. The molecule has 0 atom stereocenters. The van der Waals surface area contributed by atoms with Crippen molar-refractivity contribution in [3.63, 3.8) is 0 Å². The third-order valence-electron chi connectivity index (χ3n) is 11.5. The molecule has 4 heteroatoms. The van der Waals surface area contributed by atoms with Crippen LogP contribution in [0.1, 0.15) is 0 Å². The van der Waals surface area contributed by atoms with Crippen LogP contribution in [0.3, 0.4) is 0 Å². The Hall–Kier alpha value is -7.40. The van der Waals surface area contributed by atoms with E-state index in [0.717, 1.165) is 77.6 Å². The van der Waals surface area contributed by atoms with E-state index in [-0.39, 0.29) is 0 Å². The zero-order valence-corrected chi connectivity index (χ0v) is 32.0. The number of rotatable bonds is 6. The first-order valence-corrected chi connectivity index (χ1v) is 20.4. The molecular weight excluding hydrogens is 727 g/mol. The van der Waals surface area contributed by atoms with E-state index >= 15 is 0 Å². The summed E-state index contributed by atoms with van der Waals surface area (Å²) in [6, 6.07) is 71.4. The Labute approximate surface area is 338 Å². The molecule has 0 fully saturated rings. The molecule has 0 N–H and O–H groups in total. The van der Waals surface area contributed by atoms with Gasteiger partial charge in [0.25, 0.3) is 0 Å². The number of hydrogen-bond donors (Lipinski definition) is 0. The van der Waals surface area contributed by atoms with Gasteiger partial charge in [-0.15, -0.1) is 11.3 Å². The minimum Gasteiger partial charge on any atom is -0.456 e. The van der Waals surface area contributed by atoms with Gasteiger partial charge in [0.15, 0.2) is 5.58 Å². The number of para-hydroxylation sites is 1. The van der Waals surface area contributed by atoms with Crippen LogP contribution in [-0.2, 0) is 0 Å². The molecule has 0 saturated heterocycles. The third-order valence-corrected chi connectivity index (χ3v) is 12.7. The summed E-state index contributed by atoms with van der Waals surface area (Å²) in [5, 5.41) is 6.80. The first kappa shape index (κ1) is 32.8. The van der Waals surface area contributed by atoms with Crippen molar-refractivity contribution in [1.29, 1.82) is 0 Å². The minimum atomic E-state index is 0.819. The van der Waals surface area contributed by atoms with Gasteiger partial charge in [0.1, 0.15) is 16.7 Å². The van der Waals surface area contributed by atoms with Crippen LogP contribution in [0.2, 0.25) is 0 Å². The summed E-state index contributed by atoms with van der Waals surface area (Å²) in [5.74, 6) is 0. The fourth-order valence-corrected chi connectivity index (χ4v) is 10.00. The van der Waals surface area contributed by atoms with E-state index in [1.165, 1.54) is 36.9 Å². The maximum atomic E-state index is 7.07. The Morgan fingerprint density at radius 3 is 1.60 bits per heavy atom. The van der Waals surface area contributed by atoms with E-state index in [2.05, 4.69) is 187 Å². The number of anilines is 3. The van der Waals surface area contributed by atoms with Crippen molar-refractivity contribution in [1.82, 2.24) is 0 Å². The summed E-state index contributed by atoms with van der Waals surface area (Å²) < 4.78 is 16.1. The van der Waals surface area contributed by atoms with Crippen LogP contribution in [0.5, 0.6) is 0 Å². The van der Waals surface area contributed by atoms with Gasteiger partial charge in [-0.25, -0.2) is 0 Å². The van der Waals surface area contributed by atoms with Gasteiger partial charge in [0.2, 0.25) is 0 Å². The number of hydrogen-bond acceptors (Lipinski definition) is 4. The summed E-state index contributed by atoms with van der Waals surface area (Å²) >= 11 is 1.85. The van der Waals surface area contributed by atoms with Gasteiger partial charge in [0.05, 0.1) is 5.69 Å². The largest absolute Gasteiger partial charge is 0.456 e. The average Bonchev–Trinajstić information content (AvgIpc) is 3.99. The van der Waals surface area contributed by atoms with E-state index in [0.29, 0.717) is 0 Å². The third kappa shape index (κ3) is 5.19. The van der Waals surface area contributed by atoms with Gasteiger partial charge in [-0.05, 0) is 94.0 Å². The highest BCUT2D eigenvalue weighted by atomic mass is 32.1. The molecule has 0 amide bonds. The SMILES string of the molecule is c1ccc(-c2ccc(N(c3ccc(-c4ccccc4)cc3)c3cc(-c4cccc5c4sc4ccccc45)cc4c3oc3ccc5oc6ccccc6c5c34)cc2)cc1. The summed E-state index contributed by atoms with van der Waals surface area (Å²) in [5.41, 5.74) is 13.4. The fourth-order valence-electron chi connectivity index (χ4n) is 8.76. The van der Waals surface area contributed by atoms with E-state index in [1.807, 2.05) is 29.5 Å². The second-order valence-corrected chi connectivity index (χ2v) is 15.9. The van der Waals surface area contributed by atoms with Gasteiger partial charge < -0.3 is 13.7 Å². The molecule has 58 heavy (non-hydrogen) atoms. The molecule has 12 aromatic rings. The van der Waals surface area contributed by atoms with Crippen LogP contribution in [0.25, 0.3) is 97.4 Å². The number of nitrogens with zero attached hydrogens (tertiary/aromatic N) is 1. The van der Waals surface area contributed by atoms with Crippen molar-refractivity contribution in [2.24, 2.45) is 0 Å². The molecule has 3 aromatic heterocycles. The van der Waals surface area contributed by atoms with E-state index in [4.69, 9.17) is 8.83 Å². The fraction of sp³-hybridized carbons (Fsp3) is 0. The lowest BCUT2D eigenvalue weighted by molar-refractivity contribution is 0.663. The van der Waals surface area contributed by atoms with Gasteiger partial charge in [-0.3, -0.25) is 0 Å². The van der Waals surface area contributed by atoms with Crippen molar-refractivity contribution in [2.45, 2.75) is 0 Å². The molecule has 12 rings (SSSR count). The van der Waals surface area contributed by atoms with Crippen LogP contribution < -0.4 is 4.90 Å². The molecule has 3 heterocycles. The van der Waals surface area contributed by atoms with Crippen LogP contribution in [0.15, 0.2) is 209 Å². The van der Waals surface area contributed by atoms with Crippen LogP contribution in [-0.4, -0.2) is 0 Å². The van der Waals surface area contributed by atoms with Crippen molar-refractivity contribution in [2.75, 3.05) is 4.90 Å². The topological polar surface area (TPSA) is 29.5 Å².